The Morgan fingerprint density at radius 1 is 1.25 bits per heavy atom. The number of carbonyl (C=O) groups excluding carboxylic acids is 1. The SMILES string of the molecule is Cc1noc(-c2ccccc2Cl)c1C(=O)Nc1cccc(C#N)c1. The van der Waals surface area contributed by atoms with Crippen molar-refractivity contribution in [3.05, 3.63) is 70.4 Å². The zero-order chi connectivity index (χ0) is 17.1. The lowest BCUT2D eigenvalue weighted by atomic mass is 10.1. The van der Waals surface area contributed by atoms with E-state index in [0.717, 1.165) is 0 Å². The van der Waals surface area contributed by atoms with Gasteiger partial charge >= 0.3 is 0 Å². The van der Waals surface area contributed by atoms with E-state index < -0.39 is 0 Å². The number of amides is 1. The van der Waals surface area contributed by atoms with Gasteiger partial charge in [0.05, 0.1) is 22.3 Å². The van der Waals surface area contributed by atoms with Crippen LogP contribution in [-0.2, 0) is 0 Å². The van der Waals surface area contributed by atoms with Gasteiger partial charge < -0.3 is 9.84 Å². The molecule has 0 fully saturated rings. The van der Waals surface area contributed by atoms with Crippen LogP contribution in [0.4, 0.5) is 5.69 Å². The van der Waals surface area contributed by atoms with Crippen molar-refractivity contribution in [2.24, 2.45) is 0 Å². The van der Waals surface area contributed by atoms with Gasteiger partial charge in [0.1, 0.15) is 5.56 Å². The first-order valence-corrected chi connectivity index (χ1v) is 7.50. The van der Waals surface area contributed by atoms with Gasteiger partial charge in [-0.1, -0.05) is 35.0 Å². The normalized spacial score (nSPS) is 10.2. The van der Waals surface area contributed by atoms with Crippen LogP contribution in [-0.4, -0.2) is 11.1 Å². The van der Waals surface area contributed by atoms with Crippen LogP contribution in [0.2, 0.25) is 5.02 Å². The zero-order valence-electron chi connectivity index (χ0n) is 12.7. The molecule has 0 bridgehead atoms. The molecule has 0 saturated carbocycles. The largest absolute Gasteiger partial charge is 0.355 e. The number of nitrogens with one attached hydrogen (secondary N) is 1. The summed E-state index contributed by atoms with van der Waals surface area (Å²) in [6.07, 6.45) is 0. The molecule has 0 aliphatic carbocycles. The lowest BCUT2D eigenvalue weighted by Crippen LogP contribution is -2.13. The number of anilines is 1. The summed E-state index contributed by atoms with van der Waals surface area (Å²) >= 11 is 6.19. The van der Waals surface area contributed by atoms with Crippen molar-refractivity contribution in [2.75, 3.05) is 5.32 Å². The van der Waals surface area contributed by atoms with E-state index in [1.54, 1.807) is 55.5 Å². The summed E-state index contributed by atoms with van der Waals surface area (Å²) in [5, 5.41) is 16.1. The molecule has 1 aromatic heterocycles. The van der Waals surface area contributed by atoms with E-state index in [-0.39, 0.29) is 5.91 Å². The molecule has 1 N–H and O–H groups in total. The standard InChI is InChI=1S/C18H12ClN3O2/c1-11-16(17(24-22-11)14-7-2-3-8-15(14)19)18(23)21-13-6-4-5-12(9-13)10-20/h2-9H,1H3,(H,21,23). The third kappa shape index (κ3) is 3.00. The third-order valence-corrected chi connectivity index (χ3v) is 3.79. The Morgan fingerprint density at radius 3 is 2.79 bits per heavy atom. The van der Waals surface area contributed by atoms with Crippen LogP contribution in [0.5, 0.6) is 0 Å². The molecule has 2 aromatic carbocycles. The first-order chi connectivity index (χ1) is 11.6. The van der Waals surface area contributed by atoms with Crippen molar-refractivity contribution in [1.29, 1.82) is 5.26 Å². The molecule has 0 unspecified atom stereocenters. The van der Waals surface area contributed by atoms with E-state index in [1.165, 1.54) is 0 Å². The topological polar surface area (TPSA) is 78.9 Å². The molecule has 5 nitrogen and oxygen atoms in total. The van der Waals surface area contributed by atoms with Gasteiger partial charge in [-0.2, -0.15) is 5.26 Å². The van der Waals surface area contributed by atoms with Crippen LogP contribution in [0, 0.1) is 18.3 Å². The number of aryl methyl sites for hydroxylation is 1. The molecule has 3 rings (SSSR count). The minimum absolute atomic E-state index is 0.311. The number of nitriles is 1. The van der Waals surface area contributed by atoms with Crippen molar-refractivity contribution >= 4 is 23.2 Å². The number of nitrogens with zero attached hydrogens (tertiary/aromatic N) is 2. The minimum Gasteiger partial charge on any atom is -0.355 e. The Balaban J connectivity index is 1.98. The second-order valence-electron chi connectivity index (χ2n) is 5.10. The first kappa shape index (κ1) is 15.8. The fraction of sp³-hybridized carbons (Fsp3) is 0.0556. The second-order valence-corrected chi connectivity index (χ2v) is 5.51. The third-order valence-electron chi connectivity index (χ3n) is 3.46. The van der Waals surface area contributed by atoms with Crippen LogP contribution in [0.25, 0.3) is 11.3 Å². The molecule has 118 valence electrons. The molecule has 0 saturated heterocycles. The summed E-state index contributed by atoms with van der Waals surface area (Å²) in [7, 11) is 0. The van der Waals surface area contributed by atoms with Crippen LogP contribution >= 0.6 is 11.6 Å². The number of rotatable bonds is 3. The van der Waals surface area contributed by atoms with Gasteiger partial charge in [0, 0.05) is 11.3 Å². The summed E-state index contributed by atoms with van der Waals surface area (Å²) in [6, 6.07) is 15.8. The van der Waals surface area contributed by atoms with E-state index in [0.29, 0.717) is 38.9 Å². The summed E-state index contributed by atoms with van der Waals surface area (Å²) < 4.78 is 5.32. The van der Waals surface area contributed by atoms with Crippen molar-refractivity contribution in [3.63, 3.8) is 0 Å². The monoisotopic (exact) mass is 337 g/mol. The quantitative estimate of drug-likeness (QED) is 0.766. The van der Waals surface area contributed by atoms with Crippen molar-refractivity contribution in [1.82, 2.24) is 5.16 Å². The first-order valence-electron chi connectivity index (χ1n) is 7.13. The van der Waals surface area contributed by atoms with E-state index in [2.05, 4.69) is 10.5 Å². The predicted octanol–water partition coefficient (Wildman–Crippen LogP) is 4.43. The van der Waals surface area contributed by atoms with Gasteiger partial charge in [0.25, 0.3) is 5.91 Å². The highest BCUT2D eigenvalue weighted by Gasteiger charge is 2.23. The van der Waals surface area contributed by atoms with Crippen molar-refractivity contribution < 1.29 is 9.32 Å². The average molecular weight is 338 g/mol. The summed E-state index contributed by atoms with van der Waals surface area (Å²) in [5.74, 6) is -0.0641. The predicted molar refractivity (Wildman–Crippen MR) is 90.8 cm³/mol. The maximum atomic E-state index is 12.7. The Labute approximate surface area is 143 Å². The molecular formula is C18H12ClN3O2. The van der Waals surface area contributed by atoms with Gasteiger partial charge in [-0.25, -0.2) is 0 Å². The van der Waals surface area contributed by atoms with Crippen LogP contribution in [0.3, 0.4) is 0 Å². The number of halogens is 1. The van der Waals surface area contributed by atoms with Crippen LogP contribution < -0.4 is 5.32 Å². The Bertz CT molecular complexity index is 957. The van der Waals surface area contributed by atoms with Gasteiger partial charge in [0.2, 0.25) is 0 Å². The maximum Gasteiger partial charge on any atom is 0.261 e. The fourth-order valence-electron chi connectivity index (χ4n) is 2.33. The van der Waals surface area contributed by atoms with E-state index >= 15 is 0 Å². The Kier molecular flexibility index (Phi) is 4.32. The highest BCUT2D eigenvalue weighted by molar-refractivity contribution is 6.33. The number of hydrogen-bond donors (Lipinski definition) is 1. The molecule has 1 amide bonds. The minimum atomic E-state index is -0.376. The zero-order valence-corrected chi connectivity index (χ0v) is 13.5. The molecule has 0 spiro atoms. The molecule has 0 atom stereocenters. The Hall–Kier alpha value is -3.10. The number of carbonyl (C=O) groups is 1. The number of aromatic nitrogens is 1. The van der Waals surface area contributed by atoms with Crippen LogP contribution in [0.1, 0.15) is 21.6 Å². The summed E-state index contributed by atoms with van der Waals surface area (Å²) in [4.78, 5) is 12.7. The van der Waals surface area contributed by atoms with Crippen LogP contribution in [0.15, 0.2) is 53.1 Å². The van der Waals surface area contributed by atoms with Gasteiger partial charge in [-0.15, -0.1) is 0 Å². The summed E-state index contributed by atoms with van der Waals surface area (Å²) in [6.45, 7) is 1.68. The van der Waals surface area contributed by atoms with E-state index in [1.807, 2.05) is 6.07 Å². The van der Waals surface area contributed by atoms with E-state index in [4.69, 9.17) is 21.4 Å². The van der Waals surface area contributed by atoms with Gasteiger partial charge in [0.15, 0.2) is 5.76 Å². The second kappa shape index (κ2) is 6.57. The van der Waals surface area contributed by atoms with Gasteiger partial charge in [-0.05, 0) is 37.3 Å². The molecule has 6 heteroatoms. The van der Waals surface area contributed by atoms with Crippen molar-refractivity contribution in [2.45, 2.75) is 6.92 Å². The van der Waals surface area contributed by atoms with E-state index in [9.17, 15) is 4.79 Å². The molecule has 0 aliphatic rings. The smallest absolute Gasteiger partial charge is 0.261 e. The Morgan fingerprint density at radius 2 is 2.04 bits per heavy atom. The average Bonchev–Trinajstić information content (AvgIpc) is 2.97. The molecule has 24 heavy (non-hydrogen) atoms. The number of benzene rings is 2. The lowest BCUT2D eigenvalue weighted by Gasteiger charge is -2.07. The highest BCUT2D eigenvalue weighted by Crippen LogP contribution is 2.32. The molecule has 3 aromatic rings. The summed E-state index contributed by atoms with van der Waals surface area (Å²) in [5.41, 5.74) is 2.34. The maximum absolute atomic E-state index is 12.7. The highest BCUT2D eigenvalue weighted by atomic mass is 35.5. The molecule has 1 heterocycles. The van der Waals surface area contributed by atoms with Crippen molar-refractivity contribution in [3.8, 4) is 17.4 Å². The fourth-order valence-corrected chi connectivity index (χ4v) is 2.55. The molecule has 0 radical (unpaired) electrons. The van der Waals surface area contributed by atoms with Gasteiger partial charge in [-0.3, -0.25) is 4.79 Å². The number of hydrogen-bond acceptors (Lipinski definition) is 4. The lowest BCUT2D eigenvalue weighted by molar-refractivity contribution is 0.102. The molecule has 0 aliphatic heterocycles. The molecular weight excluding hydrogens is 326 g/mol.